The Hall–Kier alpha value is -2.71. The van der Waals surface area contributed by atoms with Crippen LogP contribution < -0.4 is 19.7 Å². The number of halogens is 1. The van der Waals surface area contributed by atoms with Gasteiger partial charge in [-0.1, -0.05) is 29.4 Å². The average Bonchev–Trinajstić information content (AvgIpc) is 3.26. The van der Waals surface area contributed by atoms with Crippen LogP contribution in [0.15, 0.2) is 47.5 Å². The van der Waals surface area contributed by atoms with Gasteiger partial charge in [-0.2, -0.15) is 0 Å². The van der Waals surface area contributed by atoms with Gasteiger partial charge in [0.25, 0.3) is 0 Å². The van der Waals surface area contributed by atoms with Crippen molar-refractivity contribution in [3.8, 4) is 11.5 Å². The number of carbonyl (C=O) groups excluding carboxylic acids is 2. The molecular weight excluding hydrogens is 414 g/mol. The molecule has 0 saturated carbocycles. The molecular formula is C20H18ClN3O4S. The number of rotatable bonds is 4. The Balaban J connectivity index is 1.49. The maximum atomic E-state index is 12.9. The number of amides is 2. The Morgan fingerprint density at radius 3 is 2.86 bits per heavy atom. The predicted molar refractivity (Wildman–Crippen MR) is 114 cm³/mol. The molecule has 150 valence electrons. The molecule has 0 radical (unpaired) electrons. The smallest absolute Gasteiger partial charge is 0.247 e. The molecule has 0 bridgehead atoms. The third-order valence-corrected chi connectivity index (χ3v) is 5.69. The second kappa shape index (κ2) is 8.34. The number of anilines is 2. The summed E-state index contributed by atoms with van der Waals surface area (Å²) in [5, 5.41) is 3.68. The molecule has 9 heteroatoms. The van der Waals surface area contributed by atoms with Gasteiger partial charge in [0.1, 0.15) is 5.25 Å². The molecule has 2 amide bonds. The molecule has 0 aromatic heterocycles. The summed E-state index contributed by atoms with van der Waals surface area (Å²) >= 11 is 7.25. The number of imide groups is 1. The zero-order valence-electron chi connectivity index (χ0n) is 15.6. The van der Waals surface area contributed by atoms with Gasteiger partial charge in [-0.15, -0.1) is 0 Å². The van der Waals surface area contributed by atoms with Gasteiger partial charge in [-0.25, -0.2) is 4.90 Å². The summed E-state index contributed by atoms with van der Waals surface area (Å²) in [4.78, 5) is 31.0. The number of amidine groups is 1. The highest BCUT2D eigenvalue weighted by atomic mass is 35.5. The van der Waals surface area contributed by atoms with E-state index in [0.717, 1.165) is 5.69 Å². The number of aliphatic imine (C=N–C) groups is 1. The number of benzene rings is 2. The number of thioether (sulfide) groups is 1. The number of hydrogen-bond acceptors (Lipinski definition) is 6. The van der Waals surface area contributed by atoms with E-state index in [9.17, 15) is 9.59 Å². The van der Waals surface area contributed by atoms with E-state index in [0.29, 0.717) is 33.9 Å². The Bertz CT molecular complexity index is 997. The van der Waals surface area contributed by atoms with Crippen molar-refractivity contribution in [1.29, 1.82) is 0 Å². The van der Waals surface area contributed by atoms with E-state index >= 15 is 0 Å². The predicted octanol–water partition coefficient (Wildman–Crippen LogP) is 3.92. The van der Waals surface area contributed by atoms with Crippen LogP contribution in [0.4, 0.5) is 11.4 Å². The summed E-state index contributed by atoms with van der Waals surface area (Å²) in [7, 11) is 0. The van der Waals surface area contributed by atoms with Crippen molar-refractivity contribution in [3.05, 3.63) is 47.5 Å². The Kier molecular flexibility index (Phi) is 5.64. The average molecular weight is 432 g/mol. The van der Waals surface area contributed by atoms with Crippen molar-refractivity contribution >= 4 is 51.7 Å². The van der Waals surface area contributed by atoms with Crippen LogP contribution in [-0.4, -0.2) is 35.6 Å². The van der Waals surface area contributed by atoms with E-state index in [1.165, 1.54) is 16.7 Å². The molecule has 7 nitrogen and oxygen atoms in total. The third kappa shape index (κ3) is 4.18. The largest absolute Gasteiger partial charge is 0.454 e. The van der Waals surface area contributed by atoms with Crippen molar-refractivity contribution in [2.24, 2.45) is 4.99 Å². The zero-order valence-corrected chi connectivity index (χ0v) is 17.1. The Morgan fingerprint density at radius 1 is 1.24 bits per heavy atom. The summed E-state index contributed by atoms with van der Waals surface area (Å²) in [5.74, 6) is 0.799. The van der Waals surface area contributed by atoms with Crippen LogP contribution in [0.2, 0.25) is 5.02 Å². The summed E-state index contributed by atoms with van der Waals surface area (Å²) < 4.78 is 10.7. The van der Waals surface area contributed by atoms with Crippen molar-refractivity contribution in [2.45, 2.75) is 18.6 Å². The van der Waals surface area contributed by atoms with Crippen LogP contribution in [0, 0.1) is 0 Å². The second-order valence-electron chi connectivity index (χ2n) is 6.33. The maximum absolute atomic E-state index is 12.9. The molecule has 0 spiro atoms. The fourth-order valence-electron chi connectivity index (χ4n) is 3.06. The zero-order chi connectivity index (χ0) is 20.4. The lowest BCUT2D eigenvalue weighted by atomic mass is 10.3. The number of hydrogen-bond donors (Lipinski definition) is 1. The SMILES string of the molecule is CCN=C(Nc1ccc2c(c1)OCO2)S[C@@H]1CC(=O)N(c2cccc(Cl)c2)C1=O. The fraction of sp³-hybridized carbons (Fsp3) is 0.250. The highest BCUT2D eigenvalue weighted by molar-refractivity contribution is 8.15. The van der Waals surface area contributed by atoms with Crippen LogP contribution >= 0.6 is 23.4 Å². The summed E-state index contributed by atoms with van der Waals surface area (Å²) in [6.07, 6.45) is 0.0988. The lowest BCUT2D eigenvalue weighted by molar-refractivity contribution is -0.121. The monoisotopic (exact) mass is 431 g/mol. The van der Waals surface area contributed by atoms with Crippen LogP contribution in [0.25, 0.3) is 0 Å². The highest BCUT2D eigenvalue weighted by Crippen LogP contribution is 2.35. The van der Waals surface area contributed by atoms with Crippen molar-refractivity contribution in [1.82, 2.24) is 0 Å². The summed E-state index contributed by atoms with van der Waals surface area (Å²) in [6, 6.07) is 12.2. The lowest BCUT2D eigenvalue weighted by Gasteiger charge is -2.16. The van der Waals surface area contributed by atoms with Gasteiger partial charge < -0.3 is 14.8 Å². The number of nitrogens with one attached hydrogen (secondary N) is 1. The van der Waals surface area contributed by atoms with Gasteiger partial charge >= 0.3 is 0 Å². The molecule has 1 saturated heterocycles. The normalized spacial score (nSPS) is 18.5. The molecule has 1 atom stereocenters. The number of carbonyl (C=O) groups is 2. The first-order valence-corrected chi connectivity index (χ1v) is 10.3. The first kappa shape index (κ1) is 19.6. The van der Waals surface area contributed by atoms with Gasteiger partial charge in [0.15, 0.2) is 16.7 Å². The molecule has 2 aliphatic rings. The van der Waals surface area contributed by atoms with Gasteiger partial charge in [-0.3, -0.25) is 14.6 Å². The van der Waals surface area contributed by atoms with Crippen molar-refractivity contribution in [3.63, 3.8) is 0 Å². The highest BCUT2D eigenvalue weighted by Gasteiger charge is 2.40. The first-order chi connectivity index (χ1) is 14.0. The molecule has 4 rings (SSSR count). The van der Waals surface area contributed by atoms with Gasteiger partial charge in [-0.05, 0) is 37.3 Å². The molecule has 2 aliphatic heterocycles. The van der Waals surface area contributed by atoms with E-state index in [2.05, 4.69) is 10.3 Å². The van der Waals surface area contributed by atoms with Crippen molar-refractivity contribution in [2.75, 3.05) is 23.6 Å². The van der Waals surface area contributed by atoms with Gasteiger partial charge in [0.05, 0.1) is 5.69 Å². The summed E-state index contributed by atoms with van der Waals surface area (Å²) in [6.45, 7) is 2.63. The van der Waals surface area contributed by atoms with E-state index in [-0.39, 0.29) is 25.0 Å². The Labute approximate surface area is 177 Å². The van der Waals surface area contributed by atoms with E-state index in [1.807, 2.05) is 25.1 Å². The standard InChI is InChI=1S/C20H18ClN3O4S/c1-2-22-20(23-13-6-7-15-16(9-13)28-11-27-15)29-17-10-18(25)24(19(17)26)14-5-3-4-12(21)8-14/h3-9,17H,2,10-11H2,1H3,(H,22,23)/t17-/m1/s1. The lowest BCUT2D eigenvalue weighted by Crippen LogP contribution is -2.31. The van der Waals surface area contributed by atoms with Crippen LogP contribution in [-0.2, 0) is 9.59 Å². The molecule has 1 fully saturated rings. The number of ether oxygens (including phenoxy) is 2. The maximum Gasteiger partial charge on any atom is 0.247 e. The van der Waals surface area contributed by atoms with Crippen LogP contribution in [0.5, 0.6) is 11.5 Å². The van der Waals surface area contributed by atoms with E-state index in [1.54, 1.807) is 24.3 Å². The summed E-state index contributed by atoms with van der Waals surface area (Å²) in [5.41, 5.74) is 1.24. The van der Waals surface area contributed by atoms with Crippen molar-refractivity contribution < 1.29 is 19.1 Å². The minimum atomic E-state index is -0.562. The van der Waals surface area contributed by atoms with E-state index < -0.39 is 5.25 Å². The van der Waals surface area contributed by atoms with Crippen LogP contribution in [0.1, 0.15) is 13.3 Å². The van der Waals surface area contributed by atoms with E-state index in [4.69, 9.17) is 21.1 Å². The topological polar surface area (TPSA) is 80.2 Å². The molecule has 2 aromatic rings. The molecule has 0 aliphatic carbocycles. The quantitative estimate of drug-likeness (QED) is 0.449. The molecule has 0 unspecified atom stereocenters. The Morgan fingerprint density at radius 2 is 2.07 bits per heavy atom. The minimum Gasteiger partial charge on any atom is -0.454 e. The molecule has 2 heterocycles. The number of nitrogens with zero attached hydrogens (tertiary/aromatic N) is 2. The third-order valence-electron chi connectivity index (χ3n) is 4.35. The van der Waals surface area contributed by atoms with Gasteiger partial charge in [0.2, 0.25) is 18.6 Å². The molecule has 29 heavy (non-hydrogen) atoms. The minimum absolute atomic E-state index is 0.0988. The second-order valence-corrected chi connectivity index (χ2v) is 7.96. The number of fused-ring (bicyclic) bond motifs is 1. The first-order valence-electron chi connectivity index (χ1n) is 9.05. The molecule has 2 aromatic carbocycles. The molecule has 1 N–H and O–H groups in total. The van der Waals surface area contributed by atoms with Gasteiger partial charge in [0, 0.05) is 29.7 Å². The fourth-order valence-corrected chi connectivity index (χ4v) is 4.33. The van der Waals surface area contributed by atoms with Crippen LogP contribution in [0.3, 0.4) is 0 Å².